The molecular formula is C12H16ClN3O. The monoisotopic (exact) mass is 253 g/mol. The molecule has 1 aromatic carbocycles. The molecule has 0 saturated carbocycles. The minimum Gasteiger partial charge on any atom is -0.399 e. The summed E-state index contributed by atoms with van der Waals surface area (Å²) in [7, 11) is 0. The number of halogens is 1. The fourth-order valence-electron chi connectivity index (χ4n) is 1.93. The lowest BCUT2D eigenvalue weighted by Crippen LogP contribution is -2.38. The zero-order chi connectivity index (χ0) is 12.3. The number of nitrogen functional groups attached to an aromatic ring is 1. The Balaban J connectivity index is 2.04. The molecule has 4 nitrogen and oxygen atoms in total. The molecular weight excluding hydrogens is 238 g/mol. The smallest absolute Gasteiger partial charge is 0.321 e. The number of benzene rings is 1. The van der Waals surface area contributed by atoms with E-state index in [1.165, 1.54) is 6.42 Å². The van der Waals surface area contributed by atoms with E-state index in [4.69, 9.17) is 17.3 Å². The molecule has 1 aliphatic rings. The van der Waals surface area contributed by atoms with E-state index in [0.717, 1.165) is 25.9 Å². The fourth-order valence-corrected chi connectivity index (χ4v) is 2.09. The number of rotatable bonds is 1. The van der Waals surface area contributed by atoms with Crippen LogP contribution < -0.4 is 11.1 Å². The summed E-state index contributed by atoms with van der Waals surface area (Å²) in [5.41, 5.74) is 6.82. The summed E-state index contributed by atoms with van der Waals surface area (Å²) in [6.45, 7) is 1.62. The molecule has 1 aliphatic heterocycles. The SMILES string of the molecule is Nc1ccc(Cl)c(NC(=O)N2CCCCC2)c1. The van der Waals surface area contributed by atoms with E-state index in [9.17, 15) is 4.79 Å². The summed E-state index contributed by atoms with van der Waals surface area (Å²) >= 11 is 5.99. The third-order valence-corrected chi connectivity index (χ3v) is 3.20. The van der Waals surface area contributed by atoms with Gasteiger partial charge in [0.25, 0.3) is 0 Å². The molecule has 1 saturated heterocycles. The highest BCUT2D eigenvalue weighted by atomic mass is 35.5. The van der Waals surface area contributed by atoms with Gasteiger partial charge in [-0.15, -0.1) is 0 Å². The Bertz CT molecular complexity index is 416. The Kier molecular flexibility index (Phi) is 3.74. The van der Waals surface area contributed by atoms with Gasteiger partial charge in [0.2, 0.25) is 0 Å². The summed E-state index contributed by atoms with van der Waals surface area (Å²) in [5, 5.41) is 3.30. The number of nitrogens with zero attached hydrogens (tertiary/aromatic N) is 1. The van der Waals surface area contributed by atoms with Crippen LogP contribution >= 0.6 is 11.6 Å². The van der Waals surface area contributed by atoms with Crippen LogP contribution in [0.1, 0.15) is 19.3 Å². The van der Waals surface area contributed by atoms with Crippen LogP contribution in [0.3, 0.4) is 0 Å². The third-order valence-electron chi connectivity index (χ3n) is 2.88. The van der Waals surface area contributed by atoms with E-state index in [2.05, 4.69) is 5.32 Å². The van der Waals surface area contributed by atoms with Crippen LogP contribution in [0.4, 0.5) is 16.2 Å². The van der Waals surface area contributed by atoms with Crippen LogP contribution in [0.15, 0.2) is 18.2 Å². The van der Waals surface area contributed by atoms with Gasteiger partial charge in [-0.3, -0.25) is 0 Å². The van der Waals surface area contributed by atoms with Gasteiger partial charge >= 0.3 is 6.03 Å². The Morgan fingerprint density at radius 2 is 2.00 bits per heavy atom. The molecule has 5 heteroatoms. The highest BCUT2D eigenvalue weighted by Gasteiger charge is 2.17. The largest absolute Gasteiger partial charge is 0.399 e. The topological polar surface area (TPSA) is 58.4 Å². The van der Waals surface area contributed by atoms with E-state index >= 15 is 0 Å². The van der Waals surface area contributed by atoms with Gasteiger partial charge in [0.15, 0.2) is 0 Å². The van der Waals surface area contributed by atoms with Crippen LogP contribution in [-0.4, -0.2) is 24.0 Å². The highest BCUT2D eigenvalue weighted by molar-refractivity contribution is 6.33. The summed E-state index contributed by atoms with van der Waals surface area (Å²) in [4.78, 5) is 13.8. The Hall–Kier alpha value is -1.42. The molecule has 2 amide bonds. The van der Waals surface area contributed by atoms with Crippen LogP contribution in [0.25, 0.3) is 0 Å². The number of urea groups is 1. The molecule has 0 bridgehead atoms. The van der Waals surface area contributed by atoms with Crippen molar-refractivity contribution >= 4 is 29.0 Å². The summed E-state index contributed by atoms with van der Waals surface area (Å²) in [6, 6.07) is 4.96. The first-order valence-corrected chi connectivity index (χ1v) is 6.15. The highest BCUT2D eigenvalue weighted by Crippen LogP contribution is 2.24. The van der Waals surface area contributed by atoms with Crippen LogP contribution in [0.5, 0.6) is 0 Å². The van der Waals surface area contributed by atoms with Gasteiger partial charge < -0.3 is 16.0 Å². The van der Waals surface area contributed by atoms with Gasteiger partial charge in [-0.2, -0.15) is 0 Å². The van der Waals surface area contributed by atoms with E-state index in [1.807, 2.05) is 4.90 Å². The van der Waals surface area contributed by atoms with E-state index in [1.54, 1.807) is 18.2 Å². The number of amides is 2. The standard InChI is InChI=1S/C12H16ClN3O/c13-10-5-4-9(14)8-11(10)15-12(17)16-6-2-1-3-7-16/h4-5,8H,1-3,6-7,14H2,(H,15,17). The zero-order valence-electron chi connectivity index (χ0n) is 9.58. The van der Waals surface area contributed by atoms with Crippen molar-refractivity contribution in [2.75, 3.05) is 24.1 Å². The van der Waals surface area contributed by atoms with Crippen molar-refractivity contribution in [2.45, 2.75) is 19.3 Å². The molecule has 0 unspecified atom stereocenters. The van der Waals surface area contributed by atoms with E-state index < -0.39 is 0 Å². The van der Waals surface area contributed by atoms with Gasteiger partial charge in [-0.1, -0.05) is 11.6 Å². The Labute approximate surface area is 106 Å². The van der Waals surface area contributed by atoms with Crippen molar-refractivity contribution in [2.24, 2.45) is 0 Å². The second-order valence-electron chi connectivity index (χ2n) is 4.22. The number of hydrogen-bond donors (Lipinski definition) is 2. The average molecular weight is 254 g/mol. The number of carbonyl (C=O) groups is 1. The Morgan fingerprint density at radius 3 is 2.71 bits per heavy atom. The predicted octanol–water partition coefficient (Wildman–Crippen LogP) is 2.94. The van der Waals surface area contributed by atoms with Crippen LogP contribution in [0, 0.1) is 0 Å². The third kappa shape index (κ3) is 3.03. The molecule has 0 radical (unpaired) electrons. The van der Waals surface area contributed by atoms with E-state index in [0.29, 0.717) is 16.4 Å². The van der Waals surface area contributed by atoms with Gasteiger partial charge in [0, 0.05) is 18.8 Å². The molecule has 0 spiro atoms. The number of likely N-dealkylation sites (tertiary alicyclic amines) is 1. The van der Waals surface area contributed by atoms with Gasteiger partial charge in [-0.05, 0) is 37.5 Å². The molecule has 0 atom stereocenters. The van der Waals surface area contributed by atoms with Crippen molar-refractivity contribution < 1.29 is 4.79 Å². The molecule has 1 heterocycles. The molecule has 92 valence electrons. The maximum absolute atomic E-state index is 11.9. The molecule has 0 aromatic heterocycles. The van der Waals surface area contributed by atoms with Crippen molar-refractivity contribution in [1.29, 1.82) is 0 Å². The minimum atomic E-state index is -0.0998. The summed E-state index contributed by atoms with van der Waals surface area (Å²) < 4.78 is 0. The molecule has 0 aliphatic carbocycles. The predicted molar refractivity (Wildman–Crippen MR) is 70.3 cm³/mol. The number of nitrogens with two attached hydrogens (primary N) is 1. The lowest BCUT2D eigenvalue weighted by Gasteiger charge is -2.27. The zero-order valence-corrected chi connectivity index (χ0v) is 10.3. The first-order valence-electron chi connectivity index (χ1n) is 5.78. The second-order valence-corrected chi connectivity index (χ2v) is 4.62. The van der Waals surface area contributed by atoms with Gasteiger partial charge in [-0.25, -0.2) is 4.79 Å². The lowest BCUT2D eigenvalue weighted by molar-refractivity contribution is 0.200. The van der Waals surface area contributed by atoms with Crippen molar-refractivity contribution in [3.63, 3.8) is 0 Å². The van der Waals surface area contributed by atoms with Crippen molar-refractivity contribution in [3.8, 4) is 0 Å². The van der Waals surface area contributed by atoms with Gasteiger partial charge in [0.05, 0.1) is 10.7 Å². The number of carbonyl (C=O) groups excluding carboxylic acids is 1. The summed E-state index contributed by atoms with van der Waals surface area (Å²) in [5.74, 6) is 0. The maximum atomic E-state index is 11.9. The minimum absolute atomic E-state index is 0.0998. The second kappa shape index (κ2) is 5.27. The van der Waals surface area contributed by atoms with Crippen molar-refractivity contribution in [3.05, 3.63) is 23.2 Å². The van der Waals surface area contributed by atoms with Crippen LogP contribution in [0.2, 0.25) is 5.02 Å². The molecule has 3 N–H and O–H groups in total. The maximum Gasteiger partial charge on any atom is 0.321 e. The van der Waals surface area contributed by atoms with E-state index in [-0.39, 0.29) is 6.03 Å². The molecule has 1 aromatic rings. The van der Waals surface area contributed by atoms with Gasteiger partial charge in [0.1, 0.15) is 0 Å². The lowest BCUT2D eigenvalue weighted by atomic mass is 10.1. The normalized spacial score (nSPS) is 15.7. The first-order chi connectivity index (χ1) is 8.16. The number of anilines is 2. The number of piperidine rings is 1. The van der Waals surface area contributed by atoms with Crippen LogP contribution in [-0.2, 0) is 0 Å². The quantitative estimate of drug-likeness (QED) is 0.756. The molecule has 17 heavy (non-hydrogen) atoms. The fraction of sp³-hybridized carbons (Fsp3) is 0.417. The molecule has 2 rings (SSSR count). The number of nitrogens with one attached hydrogen (secondary N) is 1. The Morgan fingerprint density at radius 1 is 1.29 bits per heavy atom. The van der Waals surface area contributed by atoms with Crippen molar-refractivity contribution in [1.82, 2.24) is 4.90 Å². The number of hydrogen-bond acceptors (Lipinski definition) is 2. The first kappa shape index (κ1) is 12.0. The summed E-state index contributed by atoms with van der Waals surface area (Å²) in [6.07, 6.45) is 3.33. The molecule has 1 fully saturated rings. The average Bonchev–Trinajstić information content (AvgIpc) is 2.35.